The average molecular weight is 255 g/mol. The zero-order chi connectivity index (χ0) is 13.4. The van der Waals surface area contributed by atoms with Gasteiger partial charge in [0.25, 0.3) is 0 Å². The van der Waals surface area contributed by atoms with Crippen LogP contribution in [-0.4, -0.2) is 24.6 Å². The van der Waals surface area contributed by atoms with Crippen LogP contribution in [0.25, 0.3) is 16.4 Å². The van der Waals surface area contributed by atoms with Crippen LogP contribution in [0.4, 0.5) is 0 Å². The maximum atomic E-state index is 12.0. The summed E-state index contributed by atoms with van der Waals surface area (Å²) in [5.74, 6) is 0.411. The van der Waals surface area contributed by atoms with E-state index in [2.05, 4.69) is 0 Å². The van der Waals surface area contributed by atoms with E-state index in [9.17, 15) is 4.79 Å². The van der Waals surface area contributed by atoms with E-state index in [4.69, 9.17) is 9.47 Å². The molecule has 2 aromatic heterocycles. The van der Waals surface area contributed by atoms with Crippen LogP contribution in [0.1, 0.15) is 10.4 Å². The van der Waals surface area contributed by atoms with Crippen molar-refractivity contribution in [1.29, 1.82) is 0 Å². The van der Waals surface area contributed by atoms with Crippen LogP contribution in [0.5, 0.6) is 5.75 Å². The molecule has 0 aliphatic carbocycles. The minimum atomic E-state index is -0.330. The van der Waals surface area contributed by atoms with Gasteiger partial charge < -0.3 is 13.9 Å². The van der Waals surface area contributed by atoms with E-state index in [-0.39, 0.29) is 5.97 Å². The van der Waals surface area contributed by atoms with Gasteiger partial charge in [-0.25, -0.2) is 4.79 Å². The minimum absolute atomic E-state index is 0.330. The van der Waals surface area contributed by atoms with Crippen LogP contribution < -0.4 is 4.74 Å². The van der Waals surface area contributed by atoms with Gasteiger partial charge in [-0.2, -0.15) is 0 Å². The number of methoxy groups -OCH3 is 2. The van der Waals surface area contributed by atoms with Crippen molar-refractivity contribution in [1.82, 2.24) is 4.40 Å². The highest BCUT2D eigenvalue weighted by atomic mass is 16.5. The number of carbonyl (C=O) groups excluding carboxylic acids is 1. The Morgan fingerprint density at radius 1 is 1.05 bits per heavy atom. The molecule has 4 heteroatoms. The number of pyridine rings is 1. The van der Waals surface area contributed by atoms with Crippen molar-refractivity contribution in [2.45, 2.75) is 0 Å². The number of fused-ring (bicyclic) bond motifs is 3. The molecule has 0 aliphatic rings. The summed E-state index contributed by atoms with van der Waals surface area (Å²) in [6.45, 7) is 0. The molecule has 96 valence electrons. The number of ether oxygens (including phenoxy) is 2. The Balaban J connectivity index is 2.47. The second-order valence-electron chi connectivity index (χ2n) is 4.21. The van der Waals surface area contributed by atoms with Gasteiger partial charge in [0, 0.05) is 5.39 Å². The second kappa shape index (κ2) is 4.31. The molecule has 0 fully saturated rings. The van der Waals surface area contributed by atoms with Gasteiger partial charge in [-0.3, -0.25) is 0 Å². The summed E-state index contributed by atoms with van der Waals surface area (Å²) in [6, 6.07) is 11.4. The first-order valence-corrected chi connectivity index (χ1v) is 5.91. The van der Waals surface area contributed by atoms with Crippen molar-refractivity contribution in [3.63, 3.8) is 0 Å². The van der Waals surface area contributed by atoms with Gasteiger partial charge >= 0.3 is 5.97 Å². The highest BCUT2D eigenvalue weighted by Gasteiger charge is 2.18. The van der Waals surface area contributed by atoms with Gasteiger partial charge in [0.2, 0.25) is 0 Å². The van der Waals surface area contributed by atoms with Crippen molar-refractivity contribution in [3.8, 4) is 5.75 Å². The predicted octanol–water partition coefficient (Wildman–Crippen LogP) is 2.89. The van der Waals surface area contributed by atoms with Crippen LogP contribution in [0.3, 0.4) is 0 Å². The molecule has 4 nitrogen and oxygen atoms in total. The summed E-state index contributed by atoms with van der Waals surface area (Å²) < 4.78 is 12.1. The fourth-order valence-electron chi connectivity index (χ4n) is 2.35. The van der Waals surface area contributed by atoms with E-state index >= 15 is 0 Å². The van der Waals surface area contributed by atoms with Crippen LogP contribution in [0, 0.1) is 0 Å². The molecule has 3 aromatic rings. The Hall–Kier alpha value is -2.49. The number of nitrogens with zero attached hydrogens (tertiary/aromatic N) is 1. The van der Waals surface area contributed by atoms with E-state index in [1.807, 2.05) is 47.0 Å². The number of hydrogen-bond donors (Lipinski definition) is 0. The molecule has 0 saturated carbocycles. The van der Waals surface area contributed by atoms with Crippen molar-refractivity contribution >= 4 is 22.4 Å². The molecule has 3 rings (SSSR count). The maximum Gasteiger partial charge on any atom is 0.340 e. The molecule has 0 saturated heterocycles. The summed E-state index contributed by atoms with van der Waals surface area (Å²) in [7, 11) is 3.01. The van der Waals surface area contributed by atoms with Gasteiger partial charge in [-0.05, 0) is 18.2 Å². The van der Waals surface area contributed by atoms with Crippen molar-refractivity contribution in [3.05, 3.63) is 48.2 Å². The molecule has 0 aliphatic heterocycles. The first-order chi connectivity index (χ1) is 9.26. The smallest absolute Gasteiger partial charge is 0.340 e. The van der Waals surface area contributed by atoms with Crippen molar-refractivity contribution in [2.24, 2.45) is 0 Å². The zero-order valence-corrected chi connectivity index (χ0v) is 10.7. The maximum absolute atomic E-state index is 12.0. The predicted molar refractivity (Wildman–Crippen MR) is 72.8 cm³/mol. The fraction of sp³-hybridized carbons (Fsp3) is 0.133. The molecule has 0 N–H and O–H groups in total. The molecule has 0 spiro atoms. The number of aromatic nitrogens is 1. The first kappa shape index (κ1) is 11.6. The highest BCUT2D eigenvalue weighted by Crippen LogP contribution is 2.29. The Labute approximate surface area is 110 Å². The summed E-state index contributed by atoms with van der Waals surface area (Å²) in [5.41, 5.74) is 2.35. The molecule has 0 amide bonds. The van der Waals surface area contributed by atoms with Gasteiger partial charge in [-0.15, -0.1) is 0 Å². The molecular formula is C15H13NO3. The summed E-state index contributed by atoms with van der Waals surface area (Å²) in [5, 5.41) is 0.877. The molecule has 0 radical (unpaired) electrons. The fourth-order valence-corrected chi connectivity index (χ4v) is 2.35. The number of hydrogen-bond acceptors (Lipinski definition) is 3. The van der Waals surface area contributed by atoms with Crippen molar-refractivity contribution in [2.75, 3.05) is 14.2 Å². The minimum Gasteiger partial charge on any atom is -0.495 e. The largest absolute Gasteiger partial charge is 0.495 e. The Kier molecular flexibility index (Phi) is 2.63. The highest BCUT2D eigenvalue weighted by molar-refractivity contribution is 6.11. The lowest BCUT2D eigenvalue weighted by molar-refractivity contribution is 0.0605. The van der Waals surface area contributed by atoms with E-state index in [0.29, 0.717) is 5.56 Å². The molecule has 0 atom stereocenters. The topological polar surface area (TPSA) is 39.9 Å². The lowest BCUT2D eigenvalue weighted by Crippen LogP contribution is -2.01. The molecule has 2 heterocycles. The van der Waals surface area contributed by atoms with Crippen molar-refractivity contribution < 1.29 is 14.3 Å². The van der Waals surface area contributed by atoms with Crippen LogP contribution in [0.15, 0.2) is 42.6 Å². The first-order valence-electron chi connectivity index (χ1n) is 5.91. The third kappa shape index (κ3) is 1.64. The number of rotatable bonds is 2. The van der Waals surface area contributed by atoms with Gasteiger partial charge in [-0.1, -0.05) is 18.2 Å². The summed E-state index contributed by atoms with van der Waals surface area (Å²) in [6.07, 6.45) is 1.87. The second-order valence-corrected chi connectivity index (χ2v) is 4.21. The lowest BCUT2D eigenvalue weighted by Gasteiger charge is -2.02. The lowest BCUT2D eigenvalue weighted by atomic mass is 10.1. The van der Waals surface area contributed by atoms with Gasteiger partial charge in [0.15, 0.2) is 0 Å². The normalized spacial score (nSPS) is 10.8. The number of para-hydroxylation sites is 1. The molecule has 0 unspecified atom stereocenters. The standard InChI is InChI=1S/C15H13NO3/c1-18-10-7-8-13-14(15(17)19-2)11-5-3-4-6-12(11)16(13)9-10/h3-9H,1-2H3. The number of carbonyl (C=O) groups is 1. The number of benzene rings is 1. The van der Waals surface area contributed by atoms with E-state index < -0.39 is 0 Å². The average Bonchev–Trinajstić information content (AvgIpc) is 2.80. The number of esters is 1. The summed E-state index contributed by atoms with van der Waals surface area (Å²) >= 11 is 0. The third-order valence-corrected chi connectivity index (χ3v) is 3.24. The third-order valence-electron chi connectivity index (χ3n) is 3.24. The van der Waals surface area contributed by atoms with E-state index in [1.54, 1.807) is 7.11 Å². The Morgan fingerprint density at radius 3 is 2.58 bits per heavy atom. The Morgan fingerprint density at radius 2 is 1.84 bits per heavy atom. The van der Waals surface area contributed by atoms with Crippen LogP contribution in [-0.2, 0) is 4.74 Å². The zero-order valence-electron chi connectivity index (χ0n) is 10.7. The molecular weight excluding hydrogens is 242 g/mol. The SMILES string of the molecule is COC(=O)c1c2ccccc2n2cc(OC)ccc12. The monoisotopic (exact) mass is 255 g/mol. The summed E-state index contributed by atoms with van der Waals surface area (Å²) in [4.78, 5) is 12.0. The molecule has 1 aromatic carbocycles. The van der Waals surface area contributed by atoms with Gasteiger partial charge in [0.1, 0.15) is 5.75 Å². The molecule has 19 heavy (non-hydrogen) atoms. The van der Waals surface area contributed by atoms with Crippen LogP contribution >= 0.6 is 0 Å². The Bertz CT molecular complexity index is 774. The van der Waals surface area contributed by atoms with E-state index in [1.165, 1.54) is 7.11 Å². The quantitative estimate of drug-likeness (QED) is 0.661. The van der Waals surface area contributed by atoms with Crippen LogP contribution in [0.2, 0.25) is 0 Å². The van der Waals surface area contributed by atoms with E-state index in [0.717, 1.165) is 22.2 Å². The van der Waals surface area contributed by atoms with Gasteiger partial charge in [0.05, 0.1) is 37.0 Å². The molecule has 0 bridgehead atoms.